The third-order valence-electron chi connectivity index (χ3n) is 2.92. The van der Waals surface area contributed by atoms with Crippen LogP contribution in [0.4, 0.5) is 0 Å². The molecule has 0 atom stereocenters. The first-order valence-electron chi connectivity index (χ1n) is 7.12. The first kappa shape index (κ1) is 20.1. The largest absolute Gasteiger partial charge is 0.508 e. The van der Waals surface area contributed by atoms with E-state index in [1.807, 2.05) is 0 Å². The summed E-state index contributed by atoms with van der Waals surface area (Å²) in [5, 5.41) is 11.5. The van der Waals surface area contributed by atoms with Crippen LogP contribution >= 0.6 is 44.1 Å². The fraction of sp³-hybridized carbons (Fsp3) is 0.0625. The molecule has 0 aliphatic heterocycles. The number of phenolic OH excluding ortho intramolecular Hbond substituents is 1. The van der Waals surface area contributed by atoms with Gasteiger partial charge in [-0.25, -0.2) is 0 Å². The molecule has 0 fully saturated rings. The summed E-state index contributed by atoms with van der Waals surface area (Å²) in [6.45, 7) is -0.256. The lowest BCUT2D eigenvalue weighted by Crippen LogP contribution is -2.49. The molecule has 0 saturated carbocycles. The van der Waals surface area contributed by atoms with Crippen molar-refractivity contribution in [1.29, 1.82) is 0 Å². The van der Waals surface area contributed by atoms with Gasteiger partial charge in [0.1, 0.15) is 11.5 Å². The molecular formula is C16H13Br2N3O4S. The molecule has 0 spiro atoms. The predicted octanol–water partition coefficient (Wildman–Crippen LogP) is 2.63. The first-order valence-corrected chi connectivity index (χ1v) is 9.11. The van der Waals surface area contributed by atoms with Gasteiger partial charge in [-0.3, -0.25) is 25.8 Å². The van der Waals surface area contributed by atoms with E-state index in [0.717, 1.165) is 4.47 Å². The Balaban J connectivity index is 1.75. The van der Waals surface area contributed by atoms with Crippen molar-refractivity contribution in [2.75, 3.05) is 6.61 Å². The number of amides is 2. The average molecular weight is 503 g/mol. The number of nitrogens with one attached hydrogen (secondary N) is 3. The molecule has 7 nitrogen and oxygen atoms in total. The minimum absolute atomic E-state index is 0.0507. The van der Waals surface area contributed by atoms with Crippen LogP contribution in [0.25, 0.3) is 0 Å². The standard InChI is InChI=1S/C16H13Br2N3O4S/c17-10-3-6-13(12(18)7-10)25-8-14(23)19-16(26)21-20-15(24)9-1-4-11(22)5-2-9/h1-7,22H,8H2,(H,20,24)(H2,19,21,23,26). The van der Waals surface area contributed by atoms with Crippen molar-refractivity contribution in [3.05, 3.63) is 57.0 Å². The summed E-state index contributed by atoms with van der Waals surface area (Å²) in [7, 11) is 0. The highest BCUT2D eigenvalue weighted by Crippen LogP contribution is 2.28. The number of phenols is 1. The number of hydrazine groups is 1. The van der Waals surface area contributed by atoms with Gasteiger partial charge in [-0.1, -0.05) is 15.9 Å². The molecule has 0 saturated heterocycles. The zero-order valence-corrected chi connectivity index (χ0v) is 17.1. The zero-order chi connectivity index (χ0) is 19.1. The highest BCUT2D eigenvalue weighted by Gasteiger charge is 2.09. The lowest BCUT2D eigenvalue weighted by Gasteiger charge is -2.12. The summed E-state index contributed by atoms with van der Waals surface area (Å²) < 4.78 is 6.95. The van der Waals surface area contributed by atoms with Gasteiger partial charge in [-0.15, -0.1) is 0 Å². The van der Waals surface area contributed by atoms with Crippen LogP contribution in [0.5, 0.6) is 11.5 Å². The summed E-state index contributed by atoms with van der Waals surface area (Å²) in [5.74, 6) is -0.412. The van der Waals surface area contributed by atoms with Crippen LogP contribution in [0.15, 0.2) is 51.4 Å². The molecule has 0 unspecified atom stereocenters. The summed E-state index contributed by atoms with van der Waals surface area (Å²) >= 11 is 11.6. The summed E-state index contributed by atoms with van der Waals surface area (Å²) in [6.07, 6.45) is 0. The zero-order valence-electron chi connectivity index (χ0n) is 13.1. The van der Waals surface area contributed by atoms with Crippen LogP contribution in [-0.2, 0) is 4.79 Å². The number of carbonyl (C=O) groups is 2. The van der Waals surface area contributed by atoms with Gasteiger partial charge in [0, 0.05) is 10.0 Å². The second-order valence-electron chi connectivity index (χ2n) is 4.87. The fourth-order valence-electron chi connectivity index (χ4n) is 1.73. The molecular weight excluding hydrogens is 490 g/mol. The second-order valence-corrected chi connectivity index (χ2v) is 7.04. The van der Waals surface area contributed by atoms with Crippen LogP contribution < -0.4 is 20.9 Å². The van der Waals surface area contributed by atoms with Crippen LogP contribution in [0.3, 0.4) is 0 Å². The van der Waals surface area contributed by atoms with Crippen LogP contribution in [0, 0.1) is 0 Å². The van der Waals surface area contributed by atoms with Gasteiger partial charge >= 0.3 is 0 Å². The molecule has 0 bridgehead atoms. The van der Waals surface area contributed by atoms with Gasteiger partial charge in [0.05, 0.1) is 4.47 Å². The monoisotopic (exact) mass is 501 g/mol. The normalized spacial score (nSPS) is 9.92. The number of benzene rings is 2. The molecule has 2 aromatic rings. The van der Waals surface area contributed by atoms with Gasteiger partial charge in [0.2, 0.25) is 0 Å². The lowest BCUT2D eigenvalue weighted by atomic mass is 10.2. The van der Waals surface area contributed by atoms with Crippen molar-refractivity contribution in [2.45, 2.75) is 0 Å². The van der Waals surface area contributed by atoms with E-state index in [0.29, 0.717) is 15.8 Å². The minimum Gasteiger partial charge on any atom is -0.508 e. The third-order valence-corrected chi connectivity index (χ3v) is 4.24. The van der Waals surface area contributed by atoms with Crippen LogP contribution in [0.2, 0.25) is 0 Å². The van der Waals surface area contributed by atoms with Crippen LogP contribution in [-0.4, -0.2) is 28.6 Å². The second kappa shape index (κ2) is 9.51. The molecule has 2 aromatic carbocycles. The molecule has 4 N–H and O–H groups in total. The molecule has 0 aliphatic carbocycles. The van der Waals surface area contributed by atoms with Crippen molar-refractivity contribution in [3.63, 3.8) is 0 Å². The molecule has 2 rings (SSSR count). The Labute approximate surface area is 171 Å². The van der Waals surface area contributed by atoms with Crippen LogP contribution in [0.1, 0.15) is 10.4 Å². The number of hydrogen-bond acceptors (Lipinski definition) is 5. The highest BCUT2D eigenvalue weighted by atomic mass is 79.9. The Morgan fingerprint density at radius 1 is 1.08 bits per heavy atom. The minimum atomic E-state index is -0.490. The number of thiocarbonyl (C=S) groups is 1. The maximum absolute atomic E-state index is 11.9. The SMILES string of the molecule is O=C(COc1ccc(Br)cc1Br)NC(=S)NNC(=O)c1ccc(O)cc1. The molecule has 136 valence electrons. The van der Waals surface area contributed by atoms with E-state index in [2.05, 4.69) is 48.0 Å². The fourth-order valence-corrected chi connectivity index (χ4v) is 3.05. The molecule has 0 radical (unpaired) electrons. The number of rotatable bonds is 4. The van der Waals surface area contributed by atoms with E-state index in [-0.39, 0.29) is 17.5 Å². The third kappa shape index (κ3) is 6.28. The van der Waals surface area contributed by atoms with E-state index < -0.39 is 11.8 Å². The van der Waals surface area contributed by atoms with Crippen molar-refractivity contribution < 1.29 is 19.4 Å². The smallest absolute Gasteiger partial charge is 0.269 e. The van der Waals surface area contributed by atoms with Gasteiger partial charge in [-0.05, 0) is 70.6 Å². The van der Waals surface area contributed by atoms with Crippen molar-refractivity contribution in [3.8, 4) is 11.5 Å². The number of ether oxygens (including phenoxy) is 1. The lowest BCUT2D eigenvalue weighted by molar-refractivity contribution is -0.121. The predicted molar refractivity (Wildman–Crippen MR) is 107 cm³/mol. The topological polar surface area (TPSA) is 99.7 Å². The molecule has 0 heterocycles. The Kier molecular flexibility index (Phi) is 7.37. The quantitative estimate of drug-likeness (QED) is 0.379. The summed E-state index contributed by atoms with van der Waals surface area (Å²) in [6, 6.07) is 10.9. The molecule has 10 heteroatoms. The van der Waals surface area contributed by atoms with Gasteiger partial charge < -0.3 is 9.84 Å². The maximum atomic E-state index is 11.9. The Morgan fingerprint density at radius 2 is 1.77 bits per heavy atom. The Morgan fingerprint density at radius 3 is 2.42 bits per heavy atom. The van der Waals surface area contributed by atoms with E-state index in [4.69, 9.17) is 17.0 Å². The summed E-state index contributed by atoms with van der Waals surface area (Å²) in [5.41, 5.74) is 5.06. The van der Waals surface area contributed by atoms with Crippen molar-refractivity contribution >= 4 is 61.0 Å². The van der Waals surface area contributed by atoms with E-state index in [9.17, 15) is 14.7 Å². The first-order chi connectivity index (χ1) is 12.3. The molecule has 26 heavy (non-hydrogen) atoms. The molecule has 2 amide bonds. The van der Waals surface area contributed by atoms with Gasteiger partial charge in [0.15, 0.2) is 11.7 Å². The van der Waals surface area contributed by atoms with Crippen molar-refractivity contribution in [1.82, 2.24) is 16.2 Å². The Bertz CT molecular complexity index is 831. The number of hydrogen-bond donors (Lipinski definition) is 4. The molecule has 0 aliphatic rings. The number of aromatic hydroxyl groups is 1. The highest BCUT2D eigenvalue weighted by molar-refractivity contribution is 9.11. The van der Waals surface area contributed by atoms with E-state index in [1.54, 1.807) is 18.2 Å². The summed E-state index contributed by atoms with van der Waals surface area (Å²) in [4.78, 5) is 23.7. The van der Waals surface area contributed by atoms with Gasteiger partial charge in [-0.2, -0.15) is 0 Å². The number of carbonyl (C=O) groups excluding carboxylic acids is 2. The number of halogens is 2. The Hall–Kier alpha value is -2.17. The molecule has 0 aromatic heterocycles. The van der Waals surface area contributed by atoms with Gasteiger partial charge in [0.25, 0.3) is 11.8 Å². The maximum Gasteiger partial charge on any atom is 0.269 e. The average Bonchev–Trinajstić information content (AvgIpc) is 2.59. The van der Waals surface area contributed by atoms with E-state index in [1.165, 1.54) is 24.3 Å². The van der Waals surface area contributed by atoms with Crippen molar-refractivity contribution in [2.24, 2.45) is 0 Å². The van der Waals surface area contributed by atoms with E-state index >= 15 is 0 Å².